The first-order chi connectivity index (χ1) is 9.87. The molecule has 0 spiro atoms. The van der Waals surface area contributed by atoms with Gasteiger partial charge >= 0.3 is 0 Å². The third-order valence-corrected chi connectivity index (χ3v) is 6.62. The molecule has 1 aromatic rings. The minimum Gasteiger partial charge on any atom is -0.495 e. The lowest BCUT2D eigenvalue weighted by atomic mass is 9.96. The van der Waals surface area contributed by atoms with Gasteiger partial charge in [0, 0.05) is 19.2 Å². The molecule has 118 valence electrons. The van der Waals surface area contributed by atoms with E-state index in [1.165, 1.54) is 30.0 Å². The predicted octanol–water partition coefficient (Wildman–Crippen LogP) is 3.96. The molecule has 0 amide bonds. The van der Waals surface area contributed by atoms with Crippen LogP contribution in [0.4, 0.5) is 0 Å². The van der Waals surface area contributed by atoms with Gasteiger partial charge in [-0.15, -0.1) is 0 Å². The van der Waals surface area contributed by atoms with E-state index >= 15 is 0 Å². The maximum absolute atomic E-state index is 12.7. The molecule has 0 bridgehead atoms. The van der Waals surface area contributed by atoms with E-state index < -0.39 is 10.0 Å². The van der Waals surface area contributed by atoms with Crippen molar-refractivity contribution in [1.82, 2.24) is 4.31 Å². The lowest BCUT2D eigenvalue weighted by Crippen LogP contribution is -2.38. The average Bonchev–Trinajstić information content (AvgIpc) is 2.49. The third-order valence-electron chi connectivity index (χ3n) is 3.95. The fourth-order valence-electron chi connectivity index (χ4n) is 2.66. The molecular formula is C14H19Cl2NO3S. The Bertz CT molecular complexity index is 613. The topological polar surface area (TPSA) is 46.6 Å². The first-order valence-electron chi connectivity index (χ1n) is 6.89. The summed E-state index contributed by atoms with van der Waals surface area (Å²) in [5.41, 5.74) is 0. The molecule has 1 aliphatic carbocycles. The summed E-state index contributed by atoms with van der Waals surface area (Å²) in [7, 11) is -0.586. The fourth-order valence-corrected chi connectivity index (χ4v) is 4.90. The second-order valence-corrected chi connectivity index (χ2v) is 8.01. The number of rotatable bonds is 4. The van der Waals surface area contributed by atoms with E-state index in [-0.39, 0.29) is 21.0 Å². The molecule has 1 fully saturated rings. The zero-order valence-corrected chi connectivity index (χ0v) is 14.4. The molecule has 0 unspecified atom stereocenters. The maximum Gasteiger partial charge on any atom is 0.244 e. The minimum atomic E-state index is -3.66. The molecule has 21 heavy (non-hydrogen) atoms. The Labute approximate surface area is 136 Å². The molecule has 0 atom stereocenters. The van der Waals surface area contributed by atoms with Crippen LogP contribution >= 0.6 is 23.2 Å². The summed E-state index contributed by atoms with van der Waals surface area (Å²) in [5.74, 6) is 0.362. The fraction of sp³-hybridized carbons (Fsp3) is 0.571. The Hall–Kier alpha value is -0.490. The Balaban J connectivity index is 2.36. The van der Waals surface area contributed by atoms with Crippen molar-refractivity contribution in [3.8, 4) is 5.75 Å². The molecule has 1 saturated carbocycles. The van der Waals surface area contributed by atoms with Crippen LogP contribution in [0, 0.1) is 0 Å². The Morgan fingerprint density at radius 1 is 1.14 bits per heavy atom. The van der Waals surface area contributed by atoms with Gasteiger partial charge in [0.15, 0.2) is 0 Å². The van der Waals surface area contributed by atoms with Crippen molar-refractivity contribution in [3.63, 3.8) is 0 Å². The van der Waals surface area contributed by atoms with Crippen LogP contribution in [0.1, 0.15) is 32.1 Å². The first-order valence-corrected chi connectivity index (χ1v) is 9.08. The van der Waals surface area contributed by atoms with Crippen molar-refractivity contribution in [3.05, 3.63) is 22.2 Å². The van der Waals surface area contributed by atoms with E-state index in [0.717, 1.165) is 25.7 Å². The quantitative estimate of drug-likeness (QED) is 0.824. The number of methoxy groups -OCH3 is 1. The number of halogens is 2. The van der Waals surface area contributed by atoms with E-state index in [2.05, 4.69) is 0 Å². The summed E-state index contributed by atoms with van der Waals surface area (Å²) in [6.45, 7) is 0. The van der Waals surface area contributed by atoms with Crippen LogP contribution in [0.5, 0.6) is 5.75 Å². The average molecular weight is 352 g/mol. The zero-order valence-electron chi connectivity index (χ0n) is 12.1. The number of benzene rings is 1. The van der Waals surface area contributed by atoms with Gasteiger partial charge < -0.3 is 4.74 Å². The molecule has 7 heteroatoms. The van der Waals surface area contributed by atoms with Crippen LogP contribution in [0.3, 0.4) is 0 Å². The van der Waals surface area contributed by atoms with Gasteiger partial charge in [-0.2, -0.15) is 4.31 Å². The number of nitrogens with zero attached hydrogens (tertiary/aromatic N) is 1. The smallest absolute Gasteiger partial charge is 0.244 e. The normalized spacial score (nSPS) is 17.2. The second-order valence-electron chi connectivity index (χ2n) is 5.23. The number of hydrogen-bond acceptors (Lipinski definition) is 3. The van der Waals surface area contributed by atoms with E-state index in [0.29, 0.717) is 5.75 Å². The minimum absolute atomic E-state index is 0.0284. The summed E-state index contributed by atoms with van der Waals surface area (Å²) in [4.78, 5) is 0.0306. The molecule has 0 saturated heterocycles. The SMILES string of the molecule is COc1cc(Cl)c(S(=O)(=O)N(C)C2CCCCC2)cc1Cl. The monoisotopic (exact) mass is 351 g/mol. The summed E-state index contributed by atoms with van der Waals surface area (Å²) in [5, 5.41) is 0.358. The van der Waals surface area contributed by atoms with Crippen LogP contribution in [-0.4, -0.2) is 32.9 Å². The molecule has 0 aliphatic heterocycles. The summed E-state index contributed by atoms with van der Waals surface area (Å²) in [6.07, 6.45) is 5.05. The number of ether oxygens (including phenoxy) is 1. The summed E-state index contributed by atoms with van der Waals surface area (Å²) in [6, 6.07) is 2.82. The Kier molecular flexibility index (Phi) is 5.41. The molecular weight excluding hydrogens is 333 g/mol. The molecule has 4 nitrogen and oxygen atoms in total. The van der Waals surface area contributed by atoms with E-state index in [1.807, 2.05) is 0 Å². The largest absolute Gasteiger partial charge is 0.495 e. The molecule has 0 N–H and O–H groups in total. The van der Waals surface area contributed by atoms with E-state index in [4.69, 9.17) is 27.9 Å². The number of hydrogen-bond donors (Lipinski definition) is 0. The lowest BCUT2D eigenvalue weighted by molar-refractivity contribution is 0.286. The van der Waals surface area contributed by atoms with Crippen LogP contribution in [-0.2, 0) is 10.0 Å². The highest BCUT2D eigenvalue weighted by atomic mass is 35.5. The van der Waals surface area contributed by atoms with Crippen molar-refractivity contribution >= 4 is 33.2 Å². The standard InChI is InChI=1S/C14H19Cl2NO3S/c1-17(10-6-4-3-5-7-10)21(18,19)14-9-11(15)13(20-2)8-12(14)16/h8-10H,3-7H2,1-2H3. The van der Waals surface area contributed by atoms with Gasteiger partial charge in [0.25, 0.3) is 0 Å². The highest BCUT2D eigenvalue weighted by Crippen LogP contribution is 2.36. The van der Waals surface area contributed by atoms with E-state index in [9.17, 15) is 8.42 Å². The molecule has 0 aromatic heterocycles. The second kappa shape index (κ2) is 6.73. The van der Waals surface area contributed by atoms with Gasteiger partial charge in [0.2, 0.25) is 10.0 Å². The van der Waals surface area contributed by atoms with Crippen LogP contribution in [0.15, 0.2) is 17.0 Å². The van der Waals surface area contributed by atoms with Gasteiger partial charge in [-0.1, -0.05) is 42.5 Å². The third kappa shape index (κ3) is 3.47. The molecule has 1 aromatic carbocycles. The molecule has 0 radical (unpaired) electrons. The van der Waals surface area contributed by atoms with Crippen molar-refractivity contribution in [2.75, 3.05) is 14.2 Å². The van der Waals surface area contributed by atoms with Crippen molar-refractivity contribution in [2.45, 2.75) is 43.0 Å². The summed E-state index contributed by atoms with van der Waals surface area (Å²) < 4.78 is 32.0. The van der Waals surface area contributed by atoms with Crippen molar-refractivity contribution < 1.29 is 13.2 Å². The Morgan fingerprint density at radius 2 is 1.76 bits per heavy atom. The molecule has 1 aliphatic rings. The van der Waals surface area contributed by atoms with Crippen LogP contribution in [0.25, 0.3) is 0 Å². The number of sulfonamides is 1. The van der Waals surface area contributed by atoms with Gasteiger partial charge in [-0.3, -0.25) is 0 Å². The van der Waals surface area contributed by atoms with Gasteiger partial charge in [0.1, 0.15) is 10.6 Å². The van der Waals surface area contributed by atoms with Gasteiger partial charge in [-0.05, 0) is 18.9 Å². The predicted molar refractivity (Wildman–Crippen MR) is 84.8 cm³/mol. The highest BCUT2D eigenvalue weighted by molar-refractivity contribution is 7.89. The molecule has 0 heterocycles. The first kappa shape index (κ1) is 16.9. The zero-order chi connectivity index (χ0) is 15.6. The van der Waals surface area contributed by atoms with Gasteiger partial charge in [-0.25, -0.2) is 8.42 Å². The maximum atomic E-state index is 12.7. The summed E-state index contributed by atoms with van der Waals surface area (Å²) >= 11 is 12.1. The lowest BCUT2D eigenvalue weighted by Gasteiger charge is -2.30. The van der Waals surface area contributed by atoms with Crippen LogP contribution in [0.2, 0.25) is 10.0 Å². The van der Waals surface area contributed by atoms with Crippen molar-refractivity contribution in [1.29, 1.82) is 0 Å². The molecule has 2 rings (SSSR count). The van der Waals surface area contributed by atoms with E-state index in [1.54, 1.807) is 7.05 Å². The highest BCUT2D eigenvalue weighted by Gasteiger charge is 2.31. The Morgan fingerprint density at radius 3 is 2.33 bits per heavy atom. The van der Waals surface area contributed by atoms with Gasteiger partial charge in [0.05, 0.1) is 17.2 Å². The van der Waals surface area contributed by atoms with Crippen LogP contribution < -0.4 is 4.74 Å². The van der Waals surface area contributed by atoms with Crippen molar-refractivity contribution in [2.24, 2.45) is 0 Å².